The van der Waals surface area contributed by atoms with Crippen molar-refractivity contribution in [1.82, 2.24) is 5.32 Å². The number of aliphatic imine (C=N–C) groups is 1. The van der Waals surface area contributed by atoms with Gasteiger partial charge in [-0.3, -0.25) is 4.79 Å². The second-order valence-corrected chi connectivity index (χ2v) is 8.62. The number of ether oxygens (including phenoxy) is 2. The minimum Gasteiger partial charge on any atom is -0.493 e. The quantitative estimate of drug-likeness (QED) is 0.397. The van der Waals surface area contributed by atoms with Crippen LogP contribution in [0.5, 0.6) is 11.5 Å². The molecule has 0 unspecified atom stereocenters. The summed E-state index contributed by atoms with van der Waals surface area (Å²) in [6.45, 7) is -0.656. The van der Waals surface area contributed by atoms with Crippen molar-refractivity contribution in [3.8, 4) is 11.5 Å². The summed E-state index contributed by atoms with van der Waals surface area (Å²) >= 11 is 4.25. The van der Waals surface area contributed by atoms with Crippen LogP contribution in [0.2, 0.25) is 0 Å². The van der Waals surface area contributed by atoms with Crippen LogP contribution < -0.4 is 14.8 Å². The van der Waals surface area contributed by atoms with E-state index in [0.29, 0.717) is 26.8 Å². The van der Waals surface area contributed by atoms with Crippen LogP contribution in [0, 0.1) is 0 Å². The summed E-state index contributed by atoms with van der Waals surface area (Å²) in [4.78, 5) is 15.9. The average molecular weight is 569 g/mol. The number of nitrogens with zero attached hydrogens (tertiary/aromatic N) is 1. The first-order chi connectivity index (χ1) is 15.8. The Labute approximate surface area is 202 Å². The highest BCUT2D eigenvalue weighted by atomic mass is 79.9. The maximum Gasteiger partial charge on any atom is 0.416 e. The van der Waals surface area contributed by atoms with Crippen molar-refractivity contribution in [1.29, 1.82) is 0 Å². The number of alkyl halides is 6. The SMILES string of the molecule is CNC1=NC(=O)SC1=Cc1cc(OC)c(OCc2ccc(C(F)(F)F)cc2C(F)(F)F)cc1Br. The summed E-state index contributed by atoms with van der Waals surface area (Å²) < 4.78 is 90.0. The zero-order chi connectivity index (χ0) is 25.3. The van der Waals surface area contributed by atoms with E-state index in [0.717, 1.165) is 17.8 Å². The molecule has 1 N–H and O–H groups in total. The van der Waals surface area contributed by atoms with E-state index in [2.05, 4.69) is 26.2 Å². The second-order valence-electron chi connectivity index (χ2n) is 6.77. The summed E-state index contributed by atoms with van der Waals surface area (Å²) in [5.74, 6) is 0.596. The number of rotatable bonds is 5. The Kier molecular flexibility index (Phi) is 7.56. The number of halogens is 7. The minimum absolute atomic E-state index is 0.0576. The van der Waals surface area contributed by atoms with Crippen LogP contribution in [0.4, 0.5) is 31.1 Å². The third-order valence-electron chi connectivity index (χ3n) is 4.57. The number of likely N-dealkylation sites (N-methyl/N-ethyl adjacent to an activating group) is 1. The number of carbonyl (C=O) groups excluding carboxylic acids is 1. The van der Waals surface area contributed by atoms with Crippen molar-refractivity contribution in [3.05, 3.63) is 62.0 Å². The van der Waals surface area contributed by atoms with Crippen LogP contribution in [0.3, 0.4) is 0 Å². The van der Waals surface area contributed by atoms with Gasteiger partial charge in [0.1, 0.15) is 12.4 Å². The molecule has 5 nitrogen and oxygen atoms in total. The van der Waals surface area contributed by atoms with Crippen molar-refractivity contribution < 1.29 is 40.6 Å². The van der Waals surface area contributed by atoms with Crippen LogP contribution in [0.1, 0.15) is 22.3 Å². The lowest BCUT2D eigenvalue weighted by atomic mass is 10.0. The van der Waals surface area contributed by atoms with Gasteiger partial charge in [0, 0.05) is 17.1 Å². The predicted molar refractivity (Wildman–Crippen MR) is 119 cm³/mol. The summed E-state index contributed by atoms with van der Waals surface area (Å²) in [5, 5.41) is 2.41. The van der Waals surface area contributed by atoms with Gasteiger partial charge in [0.05, 0.1) is 23.1 Å². The number of hydrogen-bond acceptors (Lipinski definition) is 5. The Bertz CT molecular complexity index is 1180. The van der Waals surface area contributed by atoms with E-state index in [1.54, 1.807) is 13.1 Å². The number of amidine groups is 1. The average Bonchev–Trinajstić information content (AvgIpc) is 3.11. The number of benzene rings is 2. The molecule has 2 aromatic carbocycles. The molecule has 34 heavy (non-hydrogen) atoms. The Morgan fingerprint density at radius 1 is 1.09 bits per heavy atom. The molecule has 0 bridgehead atoms. The number of thioether (sulfide) groups is 1. The van der Waals surface area contributed by atoms with Gasteiger partial charge in [-0.1, -0.05) is 22.0 Å². The minimum atomic E-state index is -5.01. The molecule has 2 aromatic rings. The van der Waals surface area contributed by atoms with Gasteiger partial charge in [-0.05, 0) is 47.7 Å². The summed E-state index contributed by atoms with van der Waals surface area (Å²) in [6, 6.07) is 4.33. The number of nitrogens with one attached hydrogen (secondary N) is 1. The molecule has 182 valence electrons. The van der Waals surface area contributed by atoms with Crippen molar-refractivity contribution in [2.24, 2.45) is 4.99 Å². The van der Waals surface area contributed by atoms with Crippen LogP contribution >= 0.6 is 27.7 Å². The molecule has 0 saturated carbocycles. The van der Waals surface area contributed by atoms with Crippen molar-refractivity contribution in [2.75, 3.05) is 14.2 Å². The van der Waals surface area contributed by atoms with E-state index in [1.807, 2.05) is 0 Å². The zero-order valence-corrected chi connectivity index (χ0v) is 19.8. The largest absolute Gasteiger partial charge is 0.493 e. The first-order valence-electron chi connectivity index (χ1n) is 9.31. The zero-order valence-electron chi connectivity index (χ0n) is 17.4. The van der Waals surface area contributed by atoms with Crippen LogP contribution in [-0.2, 0) is 19.0 Å². The van der Waals surface area contributed by atoms with E-state index in [1.165, 1.54) is 19.2 Å². The van der Waals surface area contributed by atoms with Crippen molar-refractivity contribution in [2.45, 2.75) is 19.0 Å². The molecule has 0 fully saturated rings. The Balaban J connectivity index is 1.91. The van der Waals surface area contributed by atoms with E-state index in [4.69, 9.17) is 9.47 Å². The molecule has 0 radical (unpaired) electrons. The molecule has 13 heteroatoms. The highest BCUT2D eigenvalue weighted by molar-refractivity contribution is 9.10. The first-order valence-corrected chi connectivity index (χ1v) is 10.9. The molecule has 1 heterocycles. The van der Waals surface area contributed by atoms with E-state index in [-0.39, 0.29) is 17.6 Å². The Hall–Kier alpha value is -2.67. The highest BCUT2D eigenvalue weighted by Crippen LogP contribution is 2.40. The number of hydrogen-bond donors (Lipinski definition) is 1. The lowest BCUT2D eigenvalue weighted by molar-refractivity contribution is -0.143. The standard InChI is InChI=1S/C21H15BrF6N2O3S/c1-29-18-17(34-19(31)30-18)6-11-5-15(32-2)16(8-14(11)22)33-9-10-3-4-12(20(23,24)25)7-13(10)21(26,27)28/h3-8H,9H2,1-2H3,(H,29,30,31). The van der Waals surface area contributed by atoms with Crippen LogP contribution in [0.25, 0.3) is 6.08 Å². The Morgan fingerprint density at radius 3 is 2.38 bits per heavy atom. The fourth-order valence-corrected chi connectivity index (χ4v) is 4.15. The van der Waals surface area contributed by atoms with Gasteiger partial charge in [0.15, 0.2) is 11.5 Å². The van der Waals surface area contributed by atoms with Gasteiger partial charge in [-0.15, -0.1) is 0 Å². The summed E-state index contributed by atoms with van der Waals surface area (Å²) in [7, 11) is 2.93. The summed E-state index contributed by atoms with van der Waals surface area (Å²) in [5.41, 5.74) is -2.76. The number of carbonyl (C=O) groups is 1. The molecule has 0 aliphatic carbocycles. The van der Waals surface area contributed by atoms with Gasteiger partial charge in [-0.25, -0.2) is 0 Å². The van der Waals surface area contributed by atoms with E-state index < -0.39 is 40.9 Å². The lowest BCUT2D eigenvalue weighted by Crippen LogP contribution is -2.16. The third kappa shape index (κ3) is 5.87. The molecule has 1 amide bonds. The van der Waals surface area contributed by atoms with Gasteiger partial charge in [-0.2, -0.15) is 31.3 Å². The molecule has 0 spiro atoms. The topological polar surface area (TPSA) is 59.9 Å². The lowest BCUT2D eigenvalue weighted by Gasteiger charge is -2.17. The second kappa shape index (κ2) is 9.90. The van der Waals surface area contributed by atoms with E-state index >= 15 is 0 Å². The van der Waals surface area contributed by atoms with Crippen molar-refractivity contribution >= 4 is 44.8 Å². The van der Waals surface area contributed by atoms with Crippen LogP contribution in [0.15, 0.2) is 44.7 Å². The molecular weight excluding hydrogens is 554 g/mol. The molecule has 1 aliphatic heterocycles. The van der Waals surface area contributed by atoms with Crippen molar-refractivity contribution in [3.63, 3.8) is 0 Å². The number of methoxy groups -OCH3 is 1. The van der Waals surface area contributed by atoms with Gasteiger partial charge in [0.2, 0.25) is 0 Å². The van der Waals surface area contributed by atoms with E-state index in [9.17, 15) is 31.1 Å². The monoisotopic (exact) mass is 568 g/mol. The fraction of sp³-hybridized carbons (Fsp3) is 0.238. The number of amides is 1. The molecule has 0 saturated heterocycles. The normalized spacial score (nSPS) is 15.5. The molecular formula is C21H15BrF6N2O3S. The maximum absolute atomic E-state index is 13.4. The predicted octanol–water partition coefficient (Wildman–Crippen LogP) is 6.90. The fourth-order valence-electron chi connectivity index (χ4n) is 2.96. The third-order valence-corrected chi connectivity index (χ3v) is 6.05. The molecule has 3 rings (SSSR count). The Morgan fingerprint density at radius 2 is 1.79 bits per heavy atom. The smallest absolute Gasteiger partial charge is 0.416 e. The maximum atomic E-state index is 13.4. The molecule has 1 aliphatic rings. The van der Waals surface area contributed by atoms with Crippen LogP contribution in [-0.4, -0.2) is 25.2 Å². The van der Waals surface area contributed by atoms with Gasteiger partial charge in [0.25, 0.3) is 0 Å². The van der Waals surface area contributed by atoms with Gasteiger partial charge >= 0.3 is 17.6 Å². The summed E-state index contributed by atoms with van der Waals surface area (Å²) in [6.07, 6.45) is -8.28. The molecule has 0 aromatic heterocycles. The molecule has 0 atom stereocenters. The first kappa shape index (κ1) is 25.9. The van der Waals surface area contributed by atoms with Gasteiger partial charge < -0.3 is 14.8 Å². The highest BCUT2D eigenvalue weighted by Gasteiger charge is 2.38.